The molecule has 1 saturated heterocycles. The molecule has 2 aromatic carbocycles. The van der Waals surface area contributed by atoms with Gasteiger partial charge in [-0.2, -0.15) is 0 Å². The number of benzene rings is 2. The summed E-state index contributed by atoms with van der Waals surface area (Å²) < 4.78 is 11.5. The molecule has 3 rings (SSSR count). The van der Waals surface area contributed by atoms with Gasteiger partial charge >= 0.3 is 0 Å². The summed E-state index contributed by atoms with van der Waals surface area (Å²) in [6.45, 7) is 3.15. The monoisotopic (exact) mass is 424 g/mol. The van der Waals surface area contributed by atoms with Crippen LogP contribution in [-0.4, -0.2) is 39.3 Å². The molecule has 0 aromatic heterocycles. The van der Waals surface area contributed by atoms with Gasteiger partial charge in [-0.3, -0.25) is 4.79 Å². The molecule has 7 heteroatoms. The third-order valence-corrected chi connectivity index (χ3v) is 4.83. The van der Waals surface area contributed by atoms with Gasteiger partial charge in [0.25, 0.3) is 5.91 Å². The number of amides is 1. The van der Waals surface area contributed by atoms with Crippen LogP contribution in [0.1, 0.15) is 10.4 Å². The van der Waals surface area contributed by atoms with Crippen molar-refractivity contribution in [2.75, 3.05) is 43.6 Å². The van der Waals surface area contributed by atoms with Crippen molar-refractivity contribution in [3.05, 3.63) is 51.5 Å². The summed E-state index contributed by atoms with van der Waals surface area (Å²) in [7, 11) is 1.52. The highest BCUT2D eigenvalue weighted by Crippen LogP contribution is 2.30. The Morgan fingerprint density at radius 3 is 2.68 bits per heavy atom. The zero-order valence-electron chi connectivity index (χ0n) is 13.7. The Bertz CT molecular complexity index is 779. The van der Waals surface area contributed by atoms with Crippen molar-refractivity contribution in [1.82, 2.24) is 0 Å². The van der Waals surface area contributed by atoms with E-state index in [2.05, 4.69) is 26.1 Å². The van der Waals surface area contributed by atoms with Gasteiger partial charge < -0.3 is 19.7 Å². The summed E-state index contributed by atoms with van der Waals surface area (Å²) in [5.41, 5.74) is 2.17. The molecule has 25 heavy (non-hydrogen) atoms. The standard InChI is InChI=1S/C18H18BrClN2O3/c1-24-17-5-2-12(20)10-14(17)18(23)21-13-3-4-16(15(19)11-13)22-6-8-25-9-7-22/h2-5,10-11H,6-9H2,1H3,(H,21,23). The molecule has 1 N–H and O–H groups in total. The maximum Gasteiger partial charge on any atom is 0.259 e. The summed E-state index contributed by atoms with van der Waals surface area (Å²) in [6.07, 6.45) is 0. The Morgan fingerprint density at radius 2 is 2.00 bits per heavy atom. The largest absolute Gasteiger partial charge is 0.496 e. The number of nitrogens with one attached hydrogen (secondary N) is 1. The minimum atomic E-state index is -0.273. The maximum absolute atomic E-state index is 12.6. The first-order valence-electron chi connectivity index (χ1n) is 7.85. The molecular formula is C18H18BrClN2O3. The summed E-state index contributed by atoms with van der Waals surface area (Å²) >= 11 is 9.58. The molecule has 1 fully saturated rings. The number of halogens is 2. The van der Waals surface area contributed by atoms with Crippen molar-refractivity contribution in [2.45, 2.75) is 0 Å². The van der Waals surface area contributed by atoms with Crippen LogP contribution in [-0.2, 0) is 4.74 Å². The van der Waals surface area contributed by atoms with Crippen LogP contribution >= 0.6 is 27.5 Å². The topological polar surface area (TPSA) is 50.8 Å². The van der Waals surface area contributed by atoms with Gasteiger partial charge in [0.2, 0.25) is 0 Å². The lowest BCUT2D eigenvalue weighted by atomic mass is 10.1. The van der Waals surface area contributed by atoms with Crippen LogP contribution in [0, 0.1) is 0 Å². The number of methoxy groups -OCH3 is 1. The van der Waals surface area contributed by atoms with Gasteiger partial charge in [-0.1, -0.05) is 11.6 Å². The van der Waals surface area contributed by atoms with Gasteiger partial charge in [-0.25, -0.2) is 0 Å². The van der Waals surface area contributed by atoms with E-state index in [-0.39, 0.29) is 5.91 Å². The fraction of sp³-hybridized carbons (Fsp3) is 0.278. The number of anilines is 2. The molecule has 1 aliphatic heterocycles. The van der Waals surface area contributed by atoms with Gasteiger partial charge in [-0.05, 0) is 52.3 Å². The van der Waals surface area contributed by atoms with Crippen LogP contribution in [0.4, 0.5) is 11.4 Å². The Morgan fingerprint density at radius 1 is 1.24 bits per heavy atom. The molecular weight excluding hydrogens is 408 g/mol. The third kappa shape index (κ3) is 4.26. The number of carbonyl (C=O) groups excluding carboxylic acids is 1. The minimum Gasteiger partial charge on any atom is -0.496 e. The number of ether oxygens (including phenoxy) is 2. The quantitative estimate of drug-likeness (QED) is 0.798. The van der Waals surface area contributed by atoms with Gasteiger partial charge in [0.05, 0.1) is 31.6 Å². The summed E-state index contributed by atoms with van der Waals surface area (Å²) in [5.74, 6) is 0.205. The Kier molecular flexibility index (Phi) is 5.83. The predicted octanol–water partition coefficient (Wildman–Crippen LogP) is 4.20. The summed E-state index contributed by atoms with van der Waals surface area (Å²) in [6, 6.07) is 10.7. The maximum atomic E-state index is 12.6. The molecule has 0 atom stereocenters. The molecule has 5 nitrogen and oxygen atoms in total. The number of morpholine rings is 1. The van der Waals surface area contributed by atoms with Crippen LogP contribution in [0.5, 0.6) is 5.75 Å². The van der Waals surface area contributed by atoms with Crippen LogP contribution in [0.2, 0.25) is 5.02 Å². The number of hydrogen-bond acceptors (Lipinski definition) is 4. The fourth-order valence-corrected chi connectivity index (χ4v) is 3.50. The second kappa shape index (κ2) is 8.08. The Hall–Kier alpha value is -1.76. The Balaban J connectivity index is 1.78. The molecule has 0 aliphatic carbocycles. The number of rotatable bonds is 4. The highest BCUT2D eigenvalue weighted by atomic mass is 79.9. The molecule has 1 amide bonds. The van der Waals surface area contributed by atoms with E-state index in [1.807, 2.05) is 18.2 Å². The lowest BCUT2D eigenvalue weighted by molar-refractivity contribution is 0.102. The summed E-state index contributed by atoms with van der Waals surface area (Å²) in [4.78, 5) is 14.8. The zero-order valence-corrected chi connectivity index (χ0v) is 16.1. The Labute approximate surface area is 160 Å². The third-order valence-electron chi connectivity index (χ3n) is 3.96. The van der Waals surface area contributed by atoms with E-state index >= 15 is 0 Å². The van der Waals surface area contributed by atoms with Crippen molar-refractivity contribution >= 4 is 44.8 Å². The van der Waals surface area contributed by atoms with Gasteiger partial charge in [0.1, 0.15) is 5.75 Å². The first-order chi connectivity index (χ1) is 12.1. The van der Waals surface area contributed by atoms with Gasteiger partial charge in [0.15, 0.2) is 0 Å². The van der Waals surface area contributed by atoms with Gasteiger partial charge in [-0.15, -0.1) is 0 Å². The molecule has 132 valence electrons. The van der Waals surface area contributed by atoms with E-state index in [1.165, 1.54) is 7.11 Å². The van der Waals surface area contributed by atoms with Gasteiger partial charge in [0, 0.05) is 28.3 Å². The molecule has 0 saturated carbocycles. The van der Waals surface area contributed by atoms with E-state index in [4.69, 9.17) is 21.1 Å². The second-order valence-corrected chi connectivity index (χ2v) is 6.86. The lowest BCUT2D eigenvalue weighted by Crippen LogP contribution is -2.36. The molecule has 1 aliphatic rings. The van der Waals surface area contributed by atoms with Crippen LogP contribution in [0.25, 0.3) is 0 Å². The van der Waals surface area contributed by atoms with E-state index < -0.39 is 0 Å². The highest BCUT2D eigenvalue weighted by Gasteiger charge is 2.16. The van der Waals surface area contributed by atoms with Crippen molar-refractivity contribution in [3.8, 4) is 5.75 Å². The van der Waals surface area contributed by atoms with E-state index in [1.54, 1.807) is 18.2 Å². The van der Waals surface area contributed by atoms with E-state index in [9.17, 15) is 4.79 Å². The molecule has 0 unspecified atom stereocenters. The number of hydrogen-bond donors (Lipinski definition) is 1. The predicted molar refractivity (Wildman–Crippen MR) is 103 cm³/mol. The van der Waals surface area contributed by atoms with E-state index in [0.717, 1.165) is 36.5 Å². The number of nitrogens with zero attached hydrogens (tertiary/aromatic N) is 1. The average molecular weight is 426 g/mol. The molecule has 2 aromatic rings. The normalized spacial score (nSPS) is 14.3. The van der Waals surface area contributed by atoms with E-state index in [0.29, 0.717) is 22.0 Å². The molecule has 0 spiro atoms. The van der Waals surface area contributed by atoms with Crippen molar-refractivity contribution in [1.29, 1.82) is 0 Å². The first kappa shape index (κ1) is 18.0. The number of carbonyl (C=O) groups is 1. The van der Waals surface area contributed by atoms with Crippen LogP contribution in [0.15, 0.2) is 40.9 Å². The van der Waals surface area contributed by atoms with Crippen molar-refractivity contribution < 1.29 is 14.3 Å². The zero-order chi connectivity index (χ0) is 17.8. The second-order valence-electron chi connectivity index (χ2n) is 5.56. The fourth-order valence-electron chi connectivity index (χ4n) is 2.70. The van der Waals surface area contributed by atoms with Crippen molar-refractivity contribution in [2.24, 2.45) is 0 Å². The summed E-state index contributed by atoms with van der Waals surface area (Å²) in [5, 5.41) is 3.36. The van der Waals surface area contributed by atoms with Crippen LogP contribution in [0.3, 0.4) is 0 Å². The molecule has 0 radical (unpaired) electrons. The average Bonchev–Trinajstić information content (AvgIpc) is 2.62. The minimum absolute atomic E-state index is 0.273. The smallest absolute Gasteiger partial charge is 0.259 e. The molecule has 1 heterocycles. The van der Waals surface area contributed by atoms with Crippen LogP contribution < -0.4 is 15.0 Å². The van der Waals surface area contributed by atoms with Crippen molar-refractivity contribution in [3.63, 3.8) is 0 Å². The highest BCUT2D eigenvalue weighted by molar-refractivity contribution is 9.10. The lowest BCUT2D eigenvalue weighted by Gasteiger charge is -2.29. The SMILES string of the molecule is COc1ccc(Cl)cc1C(=O)Nc1ccc(N2CCOCC2)c(Br)c1. The molecule has 0 bridgehead atoms. The first-order valence-corrected chi connectivity index (χ1v) is 9.02.